The van der Waals surface area contributed by atoms with Crippen LogP contribution >= 0.6 is 11.3 Å². The van der Waals surface area contributed by atoms with Crippen molar-refractivity contribution in [2.45, 2.75) is 11.8 Å². The maximum Gasteiger partial charge on any atom is 0.342 e. The minimum atomic E-state index is -4.16. The van der Waals surface area contributed by atoms with Crippen molar-refractivity contribution < 1.29 is 27.3 Å². The number of aromatic nitrogens is 1. The van der Waals surface area contributed by atoms with Gasteiger partial charge in [0.05, 0.1) is 32.7 Å². The van der Waals surface area contributed by atoms with Gasteiger partial charge in [0, 0.05) is 6.07 Å². The average Bonchev–Trinajstić information content (AvgIpc) is 3.32. The van der Waals surface area contributed by atoms with Crippen molar-refractivity contribution in [1.29, 1.82) is 0 Å². The predicted molar refractivity (Wildman–Crippen MR) is 121 cm³/mol. The fourth-order valence-electron chi connectivity index (χ4n) is 3.23. The number of methoxy groups -OCH3 is 1. The summed E-state index contributed by atoms with van der Waals surface area (Å²) in [5.41, 5.74) is 0.459. The van der Waals surface area contributed by atoms with Crippen molar-refractivity contribution >= 4 is 54.8 Å². The lowest BCUT2D eigenvalue weighted by molar-refractivity contribution is -0.384. The summed E-state index contributed by atoms with van der Waals surface area (Å²) in [6.07, 6.45) is 0. The van der Waals surface area contributed by atoms with Gasteiger partial charge in [-0.05, 0) is 31.2 Å². The van der Waals surface area contributed by atoms with E-state index in [1.807, 2.05) is 24.3 Å². The van der Waals surface area contributed by atoms with Crippen LogP contribution < -0.4 is 10.5 Å². The van der Waals surface area contributed by atoms with E-state index in [4.69, 9.17) is 14.3 Å². The number of para-hydroxylation sites is 1. The van der Waals surface area contributed by atoms with Crippen LogP contribution in [0.2, 0.25) is 0 Å². The Morgan fingerprint density at radius 2 is 2.00 bits per heavy atom. The number of furan rings is 1. The van der Waals surface area contributed by atoms with Crippen LogP contribution in [0.3, 0.4) is 0 Å². The third kappa shape index (κ3) is 4.16. The van der Waals surface area contributed by atoms with Gasteiger partial charge in [0.1, 0.15) is 22.0 Å². The molecule has 0 spiro atoms. The molecule has 0 radical (unpaired) electrons. The summed E-state index contributed by atoms with van der Waals surface area (Å²) in [5.74, 6) is -0.446. The van der Waals surface area contributed by atoms with Crippen LogP contribution in [0.5, 0.6) is 0 Å². The average molecular weight is 489 g/mol. The lowest BCUT2D eigenvalue weighted by Crippen LogP contribution is -2.12. The van der Waals surface area contributed by atoms with Gasteiger partial charge >= 0.3 is 5.97 Å². The van der Waals surface area contributed by atoms with Crippen molar-refractivity contribution in [3.8, 4) is 10.6 Å². The first-order valence-electron chi connectivity index (χ1n) is 9.26. The second kappa shape index (κ2) is 8.27. The predicted octanol–water partition coefficient (Wildman–Crippen LogP) is 3.95. The van der Waals surface area contributed by atoms with Gasteiger partial charge < -0.3 is 14.5 Å². The Morgan fingerprint density at radius 1 is 1.27 bits per heavy atom. The zero-order chi connectivity index (χ0) is 23.9. The number of hydrogen-bond donors (Lipinski definition) is 2. The highest BCUT2D eigenvalue weighted by atomic mass is 32.2. The fraction of sp³-hybridized carbons (Fsp3) is 0.100. The van der Waals surface area contributed by atoms with Crippen LogP contribution in [-0.2, 0) is 14.8 Å². The van der Waals surface area contributed by atoms with Gasteiger partial charge in [-0.15, -0.1) is 11.3 Å². The SMILES string of the molecule is COC(=O)c1c(C)oc(Nc2ccc(S(N)(=O)=O)cc2[N+](=O)[O-])c1-c1nc2ccccc2s1. The first-order valence-corrected chi connectivity index (χ1v) is 11.6. The van der Waals surface area contributed by atoms with E-state index >= 15 is 0 Å². The number of anilines is 2. The Hall–Kier alpha value is -3.81. The number of nitrogens with two attached hydrogens (primary N) is 1. The molecular weight excluding hydrogens is 472 g/mol. The molecule has 0 amide bonds. The quantitative estimate of drug-likeness (QED) is 0.232. The molecule has 0 bridgehead atoms. The van der Waals surface area contributed by atoms with Crippen molar-refractivity contribution in [3.05, 3.63) is 63.9 Å². The minimum Gasteiger partial charge on any atom is -0.465 e. The Kier molecular flexibility index (Phi) is 5.61. The van der Waals surface area contributed by atoms with Crippen LogP contribution in [-0.4, -0.2) is 31.4 Å². The Morgan fingerprint density at radius 3 is 2.64 bits per heavy atom. The summed E-state index contributed by atoms with van der Waals surface area (Å²) in [7, 11) is -2.93. The lowest BCUT2D eigenvalue weighted by atomic mass is 10.1. The molecule has 2 aromatic carbocycles. The molecule has 2 aromatic heterocycles. The molecule has 0 fully saturated rings. The number of fused-ring (bicyclic) bond motifs is 1. The molecule has 11 nitrogen and oxygen atoms in total. The Bertz CT molecular complexity index is 1490. The molecule has 0 unspecified atom stereocenters. The second-order valence-electron chi connectivity index (χ2n) is 6.82. The molecule has 2 heterocycles. The van der Waals surface area contributed by atoms with Gasteiger partial charge in [-0.25, -0.2) is 23.3 Å². The molecule has 4 rings (SSSR count). The van der Waals surface area contributed by atoms with E-state index in [0.717, 1.165) is 16.8 Å². The number of nitro groups is 1. The molecule has 0 atom stereocenters. The van der Waals surface area contributed by atoms with Crippen LogP contribution in [0.25, 0.3) is 20.8 Å². The second-order valence-corrected chi connectivity index (χ2v) is 9.41. The van der Waals surface area contributed by atoms with Crippen molar-refractivity contribution in [2.75, 3.05) is 12.4 Å². The number of nitro benzene ring substituents is 1. The van der Waals surface area contributed by atoms with Gasteiger partial charge in [0.15, 0.2) is 0 Å². The van der Waals surface area contributed by atoms with Crippen molar-refractivity contribution in [2.24, 2.45) is 5.14 Å². The number of aryl methyl sites for hydroxylation is 1. The monoisotopic (exact) mass is 488 g/mol. The van der Waals surface area contributed by atoms with E-state index < -0.39 is 31.5 Å². The number of ether oxygens (including phenoxy) is 1. The third-order valence-electron chi connectivity index (χ3n) is 4.72. The molecule has 3 N–H and O–H groups in total. The van der Waals surface area contributed by atoms with Gasteiger partial charge in [-0.1, -0.05) is 12.1 Å². The van der Waals surface area contributed by atoms with Gasteiger partial charge in [-0.2, -0.15) is 0 Å². The smallest absolute Gasteiger partial charge is 0.342 e. The zero-order valence-corrected chi connectivity index (χ0v) is 18.8. The largest absolute Gasteiger partial charge is 0.465 e. The summed E-state index contributed by atoms with van der Waals surface area (Å²) in [6, 6.07) is 10.5. The molecule has 4 aromatic rings. The van der Waals surface area contributed by atoms with E-state index in [1.165, 1.54) is 24.5 Å². The van der Waals surface area contributed by atoms with Gasteiger partial charge in [0.2, 0.25) is 15.9 Å². The maximum absolute atomic E-state index is 12.5. The zero-order valence-electron chi connectivity index (χ0n) is 17.2. The molecule has 0 aliphatic rings. The summed E-state index contributed by atoms with van der Waals surface area (Å²) < 4.78 is 34.7. The Balaban J connectivity index is 1.90. The molecule has 33 heavy (non-hydrogen) atoms. The molecule has 0 aliphatic heterocycles. The standard InChI is InChI=1S/C20H16N4O7S2/c1-10-16(20(25)30-2)17(19-23-13-5-3-4-6-15(13)32-19)18(31-10)22-12-8-7-11(33(21,28)29)9-14(12)24(26)27/h3-9,22H,1-2H3,(H2,21,28,29). The summed E-state index contributed by atoms with van der Waals surface area (Å²) in [5, 5.41) is 19.9. The maximum atomic E-state index is 12.5. The number of nitrogens with one attached hydrogen (secondary N) is 1. The normalized spacial score (nSPS) is 11.5. The summed E-state index contributed by atoms with van der Waals surface area (Å²) in [4.78, 5) is 27.5. The number of benzene rings is 2. The minimum absolute atomic E-state index is 0.0124. The number of sulfonamides is 1. The molecule has 0 saturated carbocycles. The van der Waals surface area contributed by atoms with E-state index in [1.54, 1.807) is 6.92 Å². The number of esters is 1. The summed E-state index contributed by atoms with van der Waals surface area (Å²) in [6.45, 7) is 1.55. The number of carbonyl (C=O) groups excluding carboxylic acids is 1. The van der Waals surface area contributed by atoms with E-state index in [-0.39, 0.29) is 28.5 Å². The topological polar surface area (TPSA) is 168 Å². The molecule has 170 valence electrons. The van der Waals surface area contributed by atoms with Gasteiger partial charge in [0.25, 0.3) is 5.69 Å². The number of carbonyl (C=O) groups is 1. The number of thiazole rings is 1. The number of nitrogens with zero attached hydrogens (tertiary/aromatic N) is 2. The Labute approximate surface area is 191 Å². The number of primary sulfonamides is 1. The van der Waals surface area contributed by atoms with Crippen LogP contribution in [0.1, 0.15) is 16.1 Å². The van der Waals surface area contributed by atoms with E-state index in [9.17, 15) is 23.3 Å². The molecule has 0 saturated heterocycles. The molecule has 0 aliphatic carbocycles. The molecular formula is C20H16N4O7S2. The fourth-order valence-corrected chi connectivity index (χ4v) is 4.78. The van der Waals surface area contributed by atoms with Gasteiger partial charge in [-0.3, -0.25) is 10.1 Å². The lowest BCUT2D eigenvalue weighted by Gasteiger charge is -2.08. The van der Waals surface area contributed by atoms with Crippen LogP contribution in [0.15, 0.2) is 51.8 Å². The first kappa shape index (κ1) is 22.4. The summed E-state index contributed by atoms with van der Waals surface area (Å²) >= 11 is 1.30. The van der Waals surface area contributed by atoms with Crippen LogP contribution in [0.4, 0.5) is 17.3 Å². The van der Waals surface area contributed by atoms with Crippen molar-refractivity contribution in [1.82, 2.24) is 4.98 Å². The number of hydrogen-bond acceptors (Lipinski definition) is 10. The van der Waals surface area contributed by atoms with Crippen molar-refractivity contribution in [3.63, 3.8) is 0 Å². The number of rotatable bonds is 6. The third-order valence-corrected chi connectivity index (χ3v) is 6.69. The molecule has 13 heteroatoms. The van der Waals surface area contributed by atoms with E-state index in [2.05, 4.69) is 10.3 Å². The first-order chi connectivity index (χ1) is 15.6. The van der Waals surface area contributed by atoms with E-state index in [0.29, 0.717) is 10.5 Å². The van der Waals surface area contributed by atoms with Crippen LogP contribution in [0, 0.1) is 17.0 Å². The highest BCUT2D eigenvalue weighted by Crippen LogP contribution is 2.42. The highest BCUT2D eigenvalue weighted by Gasteiger charge is 2.29. The highest BCUT2D eigenvalue weighted by molar-refractivity contribution is 7.89.